The Labute approximate surface area is 113 Å². The Morgan fingerprint density at radius 1 is 1.61 bits per heavy atom. The van der Waals surface area contributed by atoms with Crippen molar-refractivity contribution in [2.75, 3.05) is 33.7 Å². The lowest BCUT2D eigenvalue weighted by Crippen LogP contribution is -2.40. The molecule has 0 aromatic carbocycles. The third kappa shape index (κ3) is 3.53. The SMILES string of the molecule is CN(C)CCC1CCCN(C(=O)c2cscn2)C1. The molecule has 100 valence electrons. The summed E-state index contributed by atoms with van der Waals surface area (Å²) in [5.74, 6) is 0.745. The van der Waals surface area contributed by atoms with Crippen molar-refractivity contribution in [2.24, 2.45) is 5.92 Å². The molecule has 2 heterocycles. The lowest BCUT2D eigenvalue weighted by molar-refractivity contribution is 0.0658. The summed E-state index contributed by atoms with van der Waals surface area (Å²) >= 11 is 1.48. The lowest BCUT2D eigenvalue weighted by Gasteiger charge is -2.33. The number of rotatable bonds is 4. The van der Waals surface area contributed by atoms with Gasteiger partial charge in [-0.2, -0.15) is 0 Å². The van der Waals surface area contributed by atoms with Crippen molar-refractivity contribution in [3.8, 4) is 0 Å². The maximum Gasteiger partial charge on any atom is 0.273 e. The zero-order valence-corrected chi connectivity index (χ0v) is 11.9. The monoisotopic (exact) mass is 267 g/mol. The summed E-state index contributed by atoms with van der Waals surface area (Å²) in [5.41, 5.74) is 2.33. The molecule has 2 rings (SSSR count). The Balaban J connectivity index is 1.88. The Hall–Kier alpha value is -0.940. The minimum Gasteiger partial charge on any atom is -0.337 e. The van der Waals surface area contributed by atoms with E-state index in [4.69, 9.17) is 0 Å². The molecule has 1 atom stereocenters. The number of hydrogen-bond acceptors (Lipinski definition) is 4. The van der Waals surface area contributed by atoms with Gasteiger partial charge >= 0.3 is 0 Å². The maximum atomic E-state index is 12.2. The molecular formula is C13H21N3OS. The number of nitrogens with zero attached hydrogens (tertiary/aromatic N) is 3. The predicted molar refractivity (Wildman–Crippen MR) is 73.9 cm³/mol. The molecule has 1 aromatic heterocycles. The van der Waals surface area contributed by atoms with Gasteiger partial charge < -0.3 is 9.80 Å². The molecule has 0 saturated carbocycles. The highest BCUT2D eigenvalue weighted by molar-refractivity contribution is 7.07. The largest absolute Gasteiger partial charge is 0.337 e. The van der Waals surface area contributed by atoms with Gasteiger partial charge in [0.1, 0.15) is 5.69 Å². The van der Waals surface area contributed by atoms with Crippen LogP contribution >= 0.6 is 11.3 Å². The first-order valence-corrected chi connectivity index (χ1v) is 7.43. The van der Waals surface area contributed by atoms with E-state index in [-0.39, 0.29) is 5.91 Å². The quantitative estimate of drug-likeness (QED) is 0.836. The fourth-order valence-electron chi connectivity index (χ4n) is 2.41. The van der Waals surface area contributed by atoms with Crippen LogP contribution in [0.3, 0.4) is 0 Å². The molecular weight excluding hydrogens is 246 g/mol. The molecule has 1 saturated heterocycles. The molecule has 1 unspecified atom stereocenters. The first-order valence-electron chi connectivity index (χ1n) is 6.49. The zero-order valence-electron chi connectivity index (χ0n) is 11.1. The standard InChI is InChI=1S/C13H21N3OS/c1-15(2)7-5-11-4-3-6-16(8-11)13(17)12-9-18-10-14-12/h9-11H,3-8H2,1-2H3. The van der Waals surface area contributed by atoms with Crippen LogP contribution in [-0.4, -0.2) is 54.4 Å². The highest BCUT2D eigenvalue weighted by Gasteiger charge is 2.25. The number of amides is 1. The van der Waals surface area contributed by atoms with Crippen molar-refractivity contribution in [3.63, 3.8) is 0 Å². The summed E-state index contributed by atoms with van der Waals surface area (Å²) in [7, 11) is 4.20. The Kier molecular flexibility index (Phi) is 4.72. The van der Waals surface area contributed by atoms with Crippen LogP contribution in [0.25, 0.3) is 0 Å². The van der Waals surface area contributed by atoms with E-state index < -0.39 is 0 Å². The summed E-state index contributed by atoms with van der Waals surface area (Å²) in [4.78, 5) is 20.5. The minimum absolute atomic E-state index is 0.103. The van der Waals surface area contributed by atoms with E-state index in [1.54, 1.807) is 5.51 Å². The van der Waals surface area contributed by atoms with Crippen LogP contribution in [0.15, 0.2) is 10.9 Å². The number of carbonyl (C=O) groups is 1. The van der Waals surface area contributed by atoms with E-state index in [2.05, 4.69) is 24.0 Å². The molecule has 1 amide bonds. The summed E-state index contributed by atoms with van der Waals surface area (Å²) in [6.45, 7) is 2.88. The van der Waals surface area contributed by atoms with Crippen molar-refractivity contribution in [3.05, 3.63) is 16.6 Å². The van der Waals surface area contributed by atoms with Crippen LogP contribution in [-0.2, 0) is 0 Å². The van der Waals surface area contributed by atoms with Crippen molar-refractivity contribution >= 4 is 17.2 Å². The third-order valence-electron chi connectivity index (χ3n) is 3.44. The van der Waals surface area contributed by atoms with Gasteiger partial charge in [0.25, 0.3) is 5.91 Å². The second-order valence-corrected chi connectivity index (χ2v) is 5.94. The van der Waals surface area contributed by atoms with Crippen LogP contribution in [0.2, 0.25) is 0 Å². The van der Waals surface area contributed by atoms with Gasteiger partial charge in [0.2, 0.25) is 0 Å². The molecule has 4 nitrogen and oxygen atoms in total. The van der Waals surface area contributed by atoms with E-state index in [0.717, 1.165) is 26.1 Å². The molecule has 0 spiro atoms. The summed E-state index contributed by atoms with van der Waals surface area (Å²) < 4.78 is 0. The second kappa shape index (κ2) is 6.29. The van der Waals surface area contributed by atoms with Gasteiger partial charge in [-0.3, -0.25) is 4.79 Å². The number of thiazole rings is 1. The molecule has 0 N–H and O–H groups in total. The smallest absolute Gasteiger partial charge is 0.273 e. The number of carbonyl (C=O) groups excluding carboxylic acids is 1. The fourth-order valence-corrected chi connectivity index (χ4v) is 2.93. The third-order valence-corrected chi connectivity index (χ3v) is 4.03. The van der Waals surface area contributed by atoms with E-state index in [1.165, 1.54) is 24.2 Å². The molecule has 1 aliphatic heterocycles. The number of likely N-dealkylation sites (tertiary alicyclic amines) is 1. The van der Waals surface area contributed by atoms with Crippen LogP contribution < -0.4 is 0 Å². The van der Waals surface area contributed by atoms with Crippen LogP contribution in [0.1, 0.15) is 29.8 Å². The molecule has 18 heavy (non-hydrogen) atoms. The van der Waals surface area contributed by atoms with Gasteiger partial charge in [-0.1, -0.05) is 0 Å². The van der Waals surface area contributed by atoms with Gasteiger partial charge in [-0.25, -0.2) is 4.98 Å². The Morgan fingerprint density at radius 3 is 3.11 bits per heavy atom. The zero-order chi connectivity index (χ0) is 13.0. The van der Waals surface area contributed by atoms with Gasteiger partial charge in [-0.15, -0.1) is 11.3 Å². The van der Waals surface area contributed by atoms with Crippen molar-refractivity contribution in [1.29, 1.82) is 0 Å². The summed E-state index contributed by atoms with van der Waals surface area (Å²) in [6, 6.07) is 0. The summed E-state index contributed by atoms with van der Waals surface area (Å²) in [5, 5.41) is 1.84. The van der Waals surface area contributed by atoms with Gasteiger partial charge in [0.15, 0.2) is 0 Å². The molecule has 5 heteroatoms. The van der Waals surface area contributed by atoms with Crippen molar-refractivity contribution in [2.45, 2.75) is 19.3 Å². The van der Waals surface area contributed by atoms with Crippen LogP contribution in [0.4, 0.5) is 0 Å². The first kappa shape index (κ1) is 13.5. The number of aromatic nitrogens is 1. The number of hydrogen-bond donors (Lipinski definition) is 0. The van der Waals surface area contributed by atoms with E-state index in [1.807, 2.05) is 10.3 Å². The molecule has 0 bridgehead atoms. The minimum atomic E-state index is 0.103. The predicted octanol–water partition coefficient (Wildman–Crippen LogP) is 1.95. The molecule has 0 radical (unpaired) electrons. The summed E-state index contributed by atoms with van der Waals surface area (Å²) in [6.07, 6.45) is 3.54. The molecule has 1 fully saturated rings. The first-order chi connectivity index (χ1) is 8.66. The topological polar surface area (TPSA) is 36.4 Å². The molecule has 1 aliphatic rings. The van der Waals surface area contributed by atoms with E-state index in [0.29, 0.717) is 11.6 Å². The van der Waals surface area contributed by atoms with Crippen molar-refractivity contribution in [1.82, 2.24) is 14.8 Å². The van der Waals surface area contributed by atoms with Gasteiger partial charge in [0.05, 0.1) is 5.51 Å². The van der Waals surface area contributed by atoms with E-state index in [9.17, 15) is 4.79 Å². The highest BCUT2D eigenvalue weighted by atomic mass is 32.1. The highest BCUT2D eigenvalue weighted by Crippen LogP contribution is 2.21. The fraction of sp³-hybridized carbons (Fsp3) is 0.692. The van der Waals surface area contributed by atoms with Crippen LogP contribution in [0.5, 0.6) is 0 Å². The second-order valence-electron chi connectivity index (χ2n) is 5.23. The molecule has 1 aromatic rings. The maximum absolute atomic E-state index is 12.2. The van der Waals surface area contributed by atoms with Gasteiger partial charge in [0, 0.05) is 18.5 Å². The Morgan fingerprint density at radius 2 is 2.44 bits per heavy atom. The van der Waals surface area contributed by atoms with Crippen LogP contribution in [0, 0.1) is 5.92 Å². The average molecular weight is 267 g/mol. The van der Waals surface area contributed by atoms with Crippen molar-refractivity contribution < 1.29 is 4.79 Å². The number of piperidine rings is 1. The van der Waals surface area contributed by atoms with E-state index >= 15 is 0 Å². The lowest BCUT2D eigenvalue weighted by atomic mass is 9.94. The molecule has 0 aliphatic carbocycles. The van der Waals surface area contributed by atoms with Gasteiger partial charge in [-0.05, 0) is 45.8 Å². The average Bonchev–Trinajstić information content (AvgIpc) is 2.89. The normalized spacial score (nSPS) is 20.4. The Bertz CT molecular complexity index is 378.